The molecule has 0 bridgehead atoms. The Hall–Kier alpha value is -8.91. The predicted octanol–water partition coefficient (Wildman–Crippen LogP) is 6.39. The monoisotopic (exact) mass is 976 g/mol. The van der Waals surface area contributed by atoms with E-state index in [1.54, 1.807) is 12.1 Å². The fourth-order valence-corrected chi connectivity index (χ4v) is 6.94. The smallest absolute Gasteiger partial charge is 0.331 e. The van der Waals surface area contributed by atoms with E-state index in [4.69, 9.17) is 51.8 Å². The second-order valence-corrected chi connectivity index (χ2v) is 15.4. The molecule has 1 aliphatic rings. The molecule has 2 heterocycles. The van der Waals surface area contributed by atoms with E-state index in [0.29, 0.717) is 11.1 Å². The fourth-order valence-electron chi connectivity index (χ4n) is 6.94. The number of benzene rings is 4. The summed E-state index contributed by atoms with van der Waals surface area (Å²) in [7, 11) is 0. The molecular formula is C51H44O20. The lowest BCUT2D eigenvalue weighted by molar-refractivity contribution is -0.279. The molecule has 5 aromatic rings. The van der Waals surface area contributed by atoms with E-state index in [1.807, 2.05) is 0 Å². The molecule has 0 spiro atoms. The molecule has 0 saturated carbocycles. The lowest BCUT2D eigenvalue weighted by Gasteiger charge is -2.43. The molecule has 4 aromatic carbocycles. The lowest BCUT2D eigenvalue weighted by atomic mass is 9.98. The van der Waals surface area contributed by atoms with Crippen LogP contribution in [0.3, 0.4) is 0 Å². The Morgan fingerprint density at radius 3 is 1.42 bits per heavy atom. The second kappa shape index (κ2) is 22.9. The molecule has 0 amide bonds. The van der Waals surface area contributed by atoms with Gasteiger partial charge in [0.2, 0.25) is 23.6 Å². The molecule has 1 aliphatic heterocycles. The molecule has 20 heteroatoms. The van der Waals surface area contributed by atoms with Gasteiger partial charge in [-0.25, -0.2) is 9.59 Å². The fraction of sp³-hybridized carbons (Fsp3) is 0.235. The number of ether oxygens (including phenoxy) is 10. The SMILES string of the molecule is CC(=O)Oc1ccc(/C=C/C(=O)O[C@@H]2[C@@H](OC(C)=O)[C@H](C)O[C@@H](Oc3c(-c4ccc(OC(C)=O)cc4)oc4cc(OC(C)=O)cc(OC(C)=O)c4c3=O)[C@@H]2OC(=O)/C=C/c2ccc(OC(C)=O)cc2)cc1. The van der Waals surface area contributed by atoms with Crippen LogP contribution in [0.25, 0.3) is 34.4 Å². The molecule has 0 unspecified atom stereocenters. The molecule has 0 radical (unpaired) electrons. The van der Waals surface area contributed by atoms with E-state index >= 15 is 0 Å². The maximum atomic E-state index is 14.9. The highest BCUT2D eigenvalue weighted by atomic mass is 16.7. The van der Waals surface area contributed by atoms with Gasteiger partial charge in [-0.2, -0.15) is 0 Å². The number of hydrogen-bond donors (Lipinski definition) is 0. The molecule has 20 nitrogen and oxygen atoms in total. The summed E-state index contributed by atoms with van der Waals surface area (Å²) in [4.78, 5) is 114. The van der Waals surface area contributed by atoms with Crippen molar-refractivity contribution < 1.29 is 90.1 Å². The Morgan fingerprint density at radius 1 is 0.507 bits per heavy atom. The minimum atomic E-state index is -1.91. The van der Waals surface area contributed by atoms with Gasteiger partial charge in [-0.05, 0) is 78.7 Å². The Bertz CT molecular complexity index is 2980. The van der Waals surface area contributed by atoms with Crippen LogP contribution in [-0.2, 0) is 57.3 Å². The molecule has 6 rings (SSSR count). The zero-order chi connectivity index (χ0) is 51.5. The first-order valence-corrected chi connectivity index (χ1v) is 21.4. The molecular weight excluding hydrogens is 933 g/mol. The zero-order valence-electron chi connectivity index (χ0n) is 38.9. The van der Waals surface area contributed by atoms with Crippen molar-refractivity contribution in [3.8, 4) is 45.8 Å². The van der Waals surface area contributed by atoms with Crippen molar-refractivity contribution in [2.75, 3.05) is 0 Å². The van der Waals surface area contributed by atoms with Crippen LogP contribution in [0.2, 0.25) is 0 Å². The average molecular weight is 977 g/mol. The summed E-state index contributed by atoms with van der Waals surface area (Å²) in [6, 6.07) is 20.0. The Balaban J connectivity index is 1.48. The number of rotatable bonds is 15. The van der Waals surface area contributed by atoms with Crippen LogP contribution in [0.1, 0.15) is 59.6 Å². The zero-order valence-corrected chi connectivity index (χ0v) is 38.9. The Morgan fingerprint density at radius 2 is 0.958 bits per heavy atom. The summed E-state index contributed by atoms with van der Waals surface area (Å²) in [5, 5.41) is -0.391. The van der Waals surface area contributed by atoms with Crippen molar-refractivity contribution in [2.45, 2.75) is 79.2 Å². The molecule has 0 aliphatic carbocycles. The van der Waals surface area contributed by atoms with Crippen LogP contribution in [0, 0.1) is 0 Å². The van der Waals surface area contributed by atoms with Gasteiger partial charge in [0, 0.05) is 71.4 Å². The first kappa shape index (κ1) is 51.5. The van der Waals surface area contributed by atoms with Crippen LogP contribution in [-0.4, -0.2) is 78.5 Å². The van der Waals surface area contributed by atoms with E-state index in [1.165, 1.54) is 107 Å². The third kappa shape index (κ3) is 14.1. The molecule has 1 fully saturated rings. The van der Waals surface area contributed by atoms with Crippen molar-refractivity contribution in [1.29, 1.82) is 0 Å². The van der Waals surface area contributed by atoms with Gasteiger partial charge in [0.05, 0.1) is 6.10 Å². The van der Waals surface area contributed by atoms with Crippen molar-refractivity contribution in [3.05, 3.63) is 118 Å². The first-order chi connectivity index (χ1) is 33.7. The number of hydrogen-bond acceptors (Lipinski definition) is 20. The quantitative estimate of drug-likeness (QED) is 0.0476. The second-order valence-electron chi connectivity index (χ2n) is 15.4. The molecule has 1 saturated heterocycles. The van der Waals surface area contributed by atoms with Crippen molar-refractivity contribution in [2.24, 2.45) is 0 Å². The summed E-state index contributed by atoms with van der Waals surface area (Å²) in [6.07, 6.45) is -3.52. The van der Waals surface area contributed by atoms with Gasteiger partial charge in [0.25, 0.3) is 0 Å². The largest absolute Gasteiger partial charge is 0.456 e. The van der Waals surface area contributed by atoms with Gasteiger partial charge in [-0.15, -0.1) is 0 Å². The molecule has 0 N–H and O–H groups in total. The Labute approximate surface area is 403 Å². The minimum absolute atomic E-state index is 0.111. The highest BCUT2D eigenvalue weighted by molar-refractivity contribution is 5.92. The van der Waals surface area contributed by atoms with E-state index < -0.39 is 101 Å². The van der Waals surface area contributed by atoms with Crippen molar-refractivity contribution >= 4 is 70.9 Å². The summed E-state index contributed by atoms with van der Waals surface area (Å²) >= 11 is 0. The number of fused-ring (bicyclic) bond motifs is 1. The van der Waals surface area contributed by atoms with Crippen LogP contribution in [0.4, 0.5) is 0 Å². The number of carbonyl (C=O) groups is 8. The van der Waals surface area contributed by atoms with Crippen LogP contribution in [0.15, 0.2) is 106 Å². The molecule has 5 atom stereocenters. The highest BCUT2D eigenvalue weighted by Crippen LogP contribution is 2.39. The predicted molar refractivity (Wildman–Crippen MR) is 246 cm³/mol. The first-order valence-electron chi connectivity index (χ1n) is 21.4. The van der Waals surface area contributed by atoms with E-state index in [9.17, 15) is 43.2 Å². The summed E-state index contributed by atoms with van der Waals surface area (Å²) in [5.41, 5.74) is -0.238. The van der Waals surface area contributed by atoms with Crippen LogP contribution < -0.4 is 33.8 Å². The summed E-state index contributed by atoms with van der Waals surface area (Å²) in [5.74, 6) is -7.29. The normalized spacial score (nSPS) is 17.4. The molecule has 71 heavy (non-hydrogen) atoms. The third-order valence-electron chi connectivity index (χ3n) is 9.66. The minimum Gasteiger partial charge on any atom is -0.456 e. The van der Waals surface area contributed by atoms with Gasteiger partial charge >= 0.3 is 47.8 Å². The standard InChI is InChI=1S/C51H44O20/c1-26-46(67-32(7)57)49(69-42(58)22-12-33-8-16-36(17-9-33)62-27(2)52)50(70-43(59)23-13-34-10-18-37(19-11-34)63-28(3)53)51(61-26)71-48-45(60)44-40(66-31(6)56)24-39(65-30(5)55)25-41(44)68-47(48)35-14-20-38(21-15-35)64-29(4)54/h8-26,46,49-51H,1-7H3/b22-12+,23-13+/t26-,46-,49+,50+,51-/m0/s1. The van der Waals surface area contributed by atoms with Crippen molar-refractivity contribution in [3.63, 3.8) is 0 Å². The van der Waals surface area contributed by atoms with E-state index in [-0.39, 0.29) is 39.9 Å². The van der Waals surface area contributed by atoms with Gasteiger partial charge in [0.15, 0.2) is 18.0 Å². The summed E-state index contributed by atoms with van der Waals surface area (Å²) in [6.45, 7) is 8.34. The third-order valence-corrected chi connectivity index (χ3v) is 9.66. The summed E-state index contributed by atoms with van der Waals surface area (Å²) < 4.78 is 62.3. The van der Waals surface area contributed by atoms with Crippen molar-refractivity contribution in [1.82, 2.24) is 0 Å². The maximum Gasteiger partial charge on any atom is 0.331 e. The van der Waals surface area contributed by atoms with Gasteiger partial charge in [-0.1, -0.05) is 24.3 Å². The van der Waals surface area contributed by atoms with E-state index in [2.05, 4.69) is 0 Å². The Kier molecular flexibility index (Phi) is 16.6. The highest BCUT2D eigenvalue weighted by Gasteiger charge is 2.52. The van der Waals surface area contributed by atoms with Gasteiger partial charge < -0.3 is 51.8 Å². The topological polar surface area (TPSA) is 259 Å². The number of carbonyl (C=O) groups excluding carboxylic acids is 8. The van der Waals surface area contributed by atoms with Crippen LogP contribution in [0.5, 0.6) is 34.5 Å². The number of esters is 8. The van der Waals surface area contributed by atoms with Gasteiger partial charge in [-0.3, -0.25) is 33.6 Å². The molecule has 1 aromatic heterocycles. The average Bonchev–Trinajstić information content (AvgIpc) is 3.28. The lowest BCUT2D eigenvalue weighted by Crippen LogP contribution is -2.62. The maximum absolute atomic E-state index is 14.9. The van der Waals surface area contributed by atoms with E-state index in [0.717, 1.165) is 39.0 Å². The molecule has 368 valence electrons. The van der Waals surface area contributed by atoms with Crippen LogP contribution >= 0.6 is 0 Å². The van der Waals surface area contributed by atoms with Gasteiger partial charge in [0.1, 0.15) is 39.7 Å².